The van der Waals surface area contributed by atoms with Crippen molar-refractivity contribution in [1.82, 2.24) is 4.90 Å². The van der Waals surface area contributed by atoms with Crippen LogP contribution in [0.15, 0.2) is 41.4 Å². The first kappa shape index (κ1) is 15.4. The summed E-state index contributed by atoms with van der Waals surface area (Å²) in [7, 11) is 1.33. The molecule has 1 rings (SSSR count). The molecule has 1 aromatic rings. The Bertz CT molecular complexity index is 456. The molecule has 0 spiro atoms. The second-order valence-electron chi connectivity index (χ2n) is 3.87. The first-order valence-corrected chi connectivity index (χ1v) is 6.60. The number of carbonyl (C=O) groups excluding carboxylic acids is 2. The van der Waals surface area contributed by atoms with Gasteiger partial charge in [-0.2, -0.15) is 0 Å². The number of hydrogen-bond acceptors (Lipinski definition) is 3. The molecule has 0 radical (unpaired) electrons. The van der Waals surface area contributed by atoms with E-state index in [9.17, 15) is 9.59 Å². The summed E-state index contributed by atoms with van der Waals surface area (Å²) in [5.41, 5.74) is 0.579. The average molecular weight is 326 g/mol. The van der Waals surface area contributed by atoms with Gasteiger partial charge in [-0.25, -0.2) is 0 Å². The molecular weight excluding hydrogens is 310 g/mol. The van der Waals surface area contributed by atoms with Gasteiger partial charge < -0.3 is 9.64 Å². The number of amides is 1. The van der Waals surface area contributed by atoms with Gasteiger partial charge in [0.05, 0.1) is 13.5 Å². The van der Waals surface area contributed by atoms with E-state index in [2.05, 4.69) is 27.2 Å². The van der Waals surface area contributed by atoms with Crippen molar-refractivity contribution in [3.8, 4) is 0 Å². The first-order valence-electron chi connectivity index (χ1n) is 5.81. The van der Waals surface area contributed by atoms with Crippen LogP contribution in [-0.2, 0) is 9.53 Å². The molecule has 0 saturated heterocycles. The Hall–Kier alpha value is -1.62. The van der Waals surface area contributed by atoms with E-state index in [1.54, 1.807) is 35.2 Å². The topological polar surface area (TPSA) is 46.6 Å². The van der Waals surface area contributed by atoms with Crippen LogP contribution in [0.4, 0.5) is 0 Å². The molecule has 0 N–H and O–H groups in total. The van der Waals surface area contributed by atoms with E-state index in [4.69, 9.17) is 0 Å². The number of rotatable bonds is 6. The van der Waals surface area contributed by atoms with Gasteiger partial charge >= 0.3 is 5.97 Å². The van der Waals surface area contributed by atoms with Gasteiger partial charge in [-0.15, -0.1) is 6.58 Å². The summed E-state index contributed by atoms with van der Waals surface area (Å²) in [4.78, 5) is 25.0. The molecule has 1 aromatic carbocycles. The van der Waals surface area contributed by atoms with Gasteiger partial charge in [0.1, 0.15) is 0 Å². The predicted molar refractivity (Wildman–Crippen MR) is 76.9 cm³/mol. The monoisotopic (exact) mass is 325 g/mol. The van der Waals surface area contributed by atoms with Crippen LogP contribution < -0.4 is 0 Å². The fourth-order valence-corrected chi connectivity index (χ4v) is 1.80. The van der Waals surface area contributed by atoms with E-state index in [0.717, 1.165) is 4.47 Å². The van der Waals surface area contributed by atoms with Crippen molar-refractivity contribution < 1.29 is 14.3 Å². The summed E-state index contributed by atoms with van der Waals surface area (Å²) in [5.74, 6) is -0.464. The Morgan fingerprint density at radius 2 is 2.00 bits per heavy atom. The zero-order valence-electron chi connectivity index (χ0n) is 10.8. The van der Waals surface area contributed by atoms with E-state index in [-0.39, 0.29) is 18.3 Å². The van der Waals surface area contributed by atoms with E-state index in [0.29, 0.717) is 18.7 Å². The summed E-state index contributed by atoms with van der Waals surface area (Å²) >= 11 is 3.32. The molecule has 0 heterocycles. The normalized spacial score (nSPS) is 9.79. The minimum absolute atomic E-state index is 0.128. The summed E-state index contributed by atoms with van der Waals surface area (Å²) in [6, 6.07) is 7.08. The highest BCUT2D eigenvalue weighted by Gasteiger charge is 2.15. The van der Waals surface area contributed by atoms with Gasteiger partial charge in [0.2, 0.25) is 0 Å². The third kappa shape index (κ3) is 4.87. The average Bonchev–Trinajstić information content (AvgIpc) is 2.43. The van der Waals surface area contributed by atoms with E-state index in [1.165, 1.54) is 7.11 Å². The molecule has 5 heteroatoms. The molecular formula is C14H16BrNO3. The number of esters is 1. The van der Waals surface area contributed by atoms with Gasteiger partial charge in [-0.05, 0) is 24.3 Å². The van der Waals surface area contributed by atoms with Gasteiger partial charge in [0, 0.05) is 23.1 Å². The van der Waals surface area contributed by atoms with Crippen LogP contribution in [0.1, 0.15) is 16.8 Å². The lowest BCUT2D eigenvalue weighted by Crippen LogP contribution is -2.33. The summed E-state index contributed by atoms with van der Waals surface area (Å²) in [6.45, 7) is 4.33. The number of halogens is 1. The van der Waals surface area contributed by atoms with Crippen LogP contribution in [0.25, 0.3) is 0 Å². The zero-order valence-corrected chi connectivity index (χ0v) is 12.4. The van der Waals surface area contributed by atoms with Crippen LogP contribution in [0, 0.1) is 0 Å². The minimum Gasteiger partial charge on any atom is -0.469 e. The van der Waals surface area contributed by atoms with E-state index < -0.39 is 0 Å². The van der Waals surface area contributed by atoms with Gasteiger partial charge in [-0.3, -0.25) is 9.59 Å². The fraction of sp³-hybridized carbons (Fsp3) is 0.286. The maximum absolute atomic E-state index is 12.3. The third-order valence-corrected chi connectivity index (χ3v) is 3.07. The molecule has 0 atom stereocenters. The van der Waals surface area contributed by atoms with Crippen molar-refractivity contribution in [2.45, 2.75) is 6.42 Å². The molecule has 0 bridgehead atoms. The number of ether oxygens (including phenoxy) is 1. The lowest BCUT2D eigenvalue weighted by atomic mass is 10.2. The van der Waals surface area contributed by atoms with Crippen molar-refractivity contribution in [3.63, 3.8) is 0 Å². The maximum atomic E-state index is 12.3. The highest BCUT2D eigenvalue weighted by molar-refractivity contribution is 9.10. The summed E-state index contributed by atoms with van der Waals surface area (Å²) < 4.78 is 5.48. The highest BCUT2D eigenvalue weighted by atomic mass is 79.9. The highest BCUT2D eigenvalue weighted by Crippen LogP contribution is 2.12. The number of benzene rings is 1. The van der Waals surface area contributed by atoms with Crippen molar-refractivity contribution in [2.24, 2.45) is 0 Å². The molecule has 0 fully saturated rings. The number of hydrogen-bond donors (Lipinski definition) is 0. The standard InChI is InChI=1S/C14H16BrNO3/c1-3-9-16(10-8-13(17)19-2)14(18)11-4-6-12(15)7-5-11/h3-7H,1,8-10H2,2H3. The molecule has 1 amide bonds. The molecule has 102 valence electrons. The van der Waals surface area contributed by atoms with Crippen LogP contribution in [0.5, 0.6) is 0 Å². The molecule has 0 aliphatic heterocycles. The number of nitrogens with zero attached hydrogens (tertiary/aromatic N) is 1. The molecule has 0 unspecified atom stereocenters. The molecule has 0 aromatic heterocycles. The third-order valence-electron chi connectivity index (χ3n) is 2.54. The second-order valence-corrected chi connectivity index (χ2v) is 4.79. The first-order chi connectivity index (χ1) is 9.08. The summed E-state index contributed by atoms with van der Waals surface area (Å²) in [5, 5.41) is 0. The molecule has 0 aliphatic carbocycles. The van der Waals surface area contributed by atoms with Crippen molar-refractivity contribution in [1.29, 1.82) is 0 Å². The number of methoxy groups -OCH3 is 1. The lowest BCUT2D eigenvalue weighted by molar-refractivity contribution is -0.140. The van der Waals surface area contributed by atoms with Crippen LogP contribution in [0.3, 0.4) is 0 Å². The van der Waals surface area contributed by atoms with Gasteiger partial charge in [0.15, 0.2) is 0 Å². The largest absolute Gasteiger partial charge is 0.469 e. The molecule has 19 heavy (non-hydrogen) atoms. The maximum Gasteiger partial charge on any atom is 0.307 e. The summed E-state index contributed by atoms with van der Waals surface area (Å²) in [6.07, 6.45) is 1.81. The molecule has 0 aliphatic rings. The number of carbonyl (C=O) groups is 2. The Labute approximate surface area is 121 Å². The van der Waals surface area contributed by atoms with E-state index >= 15 is 0 Å². The second kappa shape index (κ2) is 7.74. The minimum atomic E-state index is -0.335. The van der Waals surface area contributed by atoms with Gasteiger partial charge in [0.25, 0.3) is 5.91 Å². The lowest BCUT2D eigenvalue weighted by Gasteiger charge is -2.20. The fourth-order valence-electron chi connectivity index (χ4n) is 1.53. The van der Waals surface area contributed by atoms with Crippen molar-refractivity contribution in [3.05, 3.63) is 47.0 Å². The molecule has 4 nitrogen and oxygen atoms in total. The van der Waals surface area contributed by atoms with Crippen LogP contribution >= 0.6 is 15.9 Å². The SMILES string of the molecule is C=CCN(CCC(=O)OC)C(=O)c1ccc(Br)cc1. The Balaban J connectivity index is 2.74. The Morgan fingerprint density at radius 1 is 1.37 bits per heavy atom. The van der Waals surface area contributed by atoms with Crippen LogP contribution in [-0.4, -0.2) is 37.0 Å². The predicted octanol–water partition coefficient (Wildman–Crippen LogP) is 2.64. The molecule has 0 saturated carbocycles. The Kier molecular flexibility index (Phi) is 6.29. The van der Waals surface area contributed by atoms with Crippen LogP contribution in [0.2, 0.25) is 0 Å². The van der Waals surface area contributed by atoms with Crippen molar-refractivity contribution in [2.75, 3.05) is 20.2 Å². The van der Waals surface area contributed by atoms with Crippen molar-refractivity contribution >= 4 is 27.8 Å². The quantitative estimate of drug-likeness (QED) is 0.596. The van der Waals surface area contributed by atoms with Gasteiger partial charge in [-0.1, -0.05) is 22.0 Å². The zero-order chi connectivity index (χ0) is 14.3. The Morgan fingerprint density at radius 3 is 2.53 bits per heavy atom. The van der Waals surface area contributed by atoms with E-state index in [1.807, 2.05) is 0 Å². The smallest absolute Gasteiger partial charge is 0.307 e.